The summed E-state index contributed by atoms with van der Waals surface area (Å²) in [5.41, 5.74) is 7.26. The Bertz CT molecular complexity index is 431. The Kier molecular flexibility index (Phi) is 3.67. The van der Waals surface area contributed by atoms with Gasteiger partial charge in [0.25, 0.3) is 5.91 Å². The fourth-order valence-electron chi connectivity index (χ4n) is 0.908. The molecule has 0 aromatic heterocycles. The number of carbonyl (C=O) groups is 1. The second-order valence-electron chi connectivity index (χ2n) is 2.87. The molecule has 0 aliphatic carbocycles. The van der Waals surface area contributed by atoms with Gasteiger partial charge < -0.3 is 21.1 Å². The number of carbonyl (C=O) groups excluding carboxylic acids is 1. The predicted octanol–water partition coefficient (Wildman–Crippen LogP) is -0.788. The lowest BCUT2D eigenvalue weighted by Gasteiger charge is -2.03. The van der Waals surface area contributed by atoms with Crippen LogP contribution in [0.3, 0.4) is 0 Å². The van der Waals surface area contributed by atoms with Crippen LogP contribution in [0.5, 0.6) is 17.2 Å². The normalized spacial score (nSPS) is 10.6. The average Bonchev–Trinajstić information content (AvgIpc) is 2.29. The molecular formula is C9H11N3O4. The minimum absolute atomic E-state index is 0.146. The van der Waals surface area contributed by atoms with E-state index in [1.807, 2.05) is 0 Å². The fourth-order valence-corrected chi connectivity index (χ4v) is 0.908. The highest BCUT2D eigenvalue weighted by Crippen LogP contribution is 2.35. The highest BCUT2D eigenvalue weighted by molar-refractivity contribution is 5.87. The van der Waals surface area contributed by atoms with E-state index in [-0.39, 0.29) is 12.1 Å². The fraction of sp³-hybridized carbons (Fsp3) is 0.111. The van der Waals surface area contributed by atoms with E-state index < -0.39 is 23.2 Å². The third-order valence-electron chi connectivity index (χ3n) is 1.74. The van der Waals surface area contributed by atoms with E-state index in [0.29, 0.717) is 0 Å². The zero-order valence-corrected chi connectivity index (χ0v) is 8.21. The Morgan fingerprint density at radius 2 is 2.06 bits per heavy atom. The largest absolute Gasteiger partial charge is 0.504 e. The van der Waals surface area contributed by atoms with Crippen LogP contribution >= 0.6 is 0 Å². The number of phenols is 3. The lowest BCUT2D eigenvalue weighted by Crippen LogP contribution is -2.26. The molecule has 86 valence electrons. The van der Waals surface area contributed by atoms with Gasteiger partial charge in [0.1, 0.15) is 0 Å². The highest BCUT2D eigenvalue weighted by Gasteiger charge is 2.09. The number of aromatic hydroxyl groups is 3. The van der Waals surface area contributed by atoms with Crippen molar-refractivity contribution in [1.82, 2.24) is 5.43 Å². The first kappa shape index (κ1) is 11.8. The van der Waals surface area contributed by atoms with Gasteiger partial charge in [0.05, 0.1) is 12.8 Å². The Labute approximate surface area is 90.8 Å². The van der Waals surface area contributed by atoms with Gasteiger partial charge in [-0.2, -0.15) is 5.10 Å². The number of hydrogen-bond donors (Lipinski definition) is 5. The Hall–Kier alpha value is -2.28. The van der Waals surface area contributed by atoms with E-state index in [9.17, 15) is 15.0 Å². The van der Waals surface area contributed by atoms with E-state index in [0.717, 1.165) is 6.21 Å². The number of phenolic OH excluding ortho intramolecular Hbond substituents is 3. The molecule has 0 heterocycles. The average molecular weight is 225 g/mol. The first-order chi connectivity index (χ1) is 7.56. The summed E-state index contributed by atoms with van der Waals surface area (Å²) in [7, 11) is 0. The van der Waals surface area contributed by atoms with Crippen molar-refractivity contribution in [3.05, 3.63) is 17.7 Å². The molecule has 0 saturated heterocycles. The molecule has 0 atom stereocenters. The number of hydrogen-bond acceptors (Lipinski definition) is 6. The van der Waals surface area contributed by atoms with Crippen LogP contribution in [0, 0.1) is 0 Å². The number of rotatable bonds is 3. The first-order valence-electron chi connectivity index (χ1n) is 4.32. The van der Waals surface area contributed by atoms with Gasteiger partial charge in [0, 0.05) is 5.56 Å². The molecule has 6 N–H and O–H groups in total. The predicted molar refractivity (Wildman–Crippen MR) is 56.2 cm³/mol. The van der Waals surface area contributed by atoms with Crippen molar-refractivity contribution in [3.8, 4) is 17.2 Å². The molecule has 0 aliphatic rings. The van der Waals surface area contributed by atoms with Crippen molar-refractivity contribution in [2.24, 2.45) is 10.8 Å². The molecule has 0 saturated carbocycles. The second-order valence-corrected chi connectivity index (χ2v) is 2.87. The number of benzene rings is 1. The first-order valence-corrected chi connectivity index (χ1v) is 4.32. The summed E-state index contributed by atoms with van der Waals surface area (Å²) >= 11 is 0. The summed E-state index contributed by atoms with van der Waals surface area (Å²) in [4.78, 5) is 10.7. The second kappa shape index (κ2) is 4.99. The molecule has 7 heteroatoms. The van der Waals surface area contributed by atoms with Gasteiger partial charge in [0.2, 0.25) is 5.75 Å². The molecule has 0 spiro atoms. The molecule has 1 amide bonds. The number of nitrogens with zero attached hydrogens (tertiary/aromatic N) is 1. The summed E-state index contributed by atoms with van der Waals surface area (Å²) in [5, 5.41) is 31.1. The smallest absolute Gasteiger partial charge is 0.253 e. The van der Waals surface area contributed by atoms with Gasteiger partial charge in [-0.05, 0) is 12.1 Å². The topological polar surface area (TPSA) is 128 Å². The van der Waals surface area contributed by atoms with E-state index in [1.165, 1.54) is 12.1 Å². The Morgan fingerprint density at radius 3 is 2.69 bits per heavy atom. The Balaban J connectivity index is 2.82. The molecule has 1 aromatic rings. The summed E-state index contributed by atoms with van der Waals surface area (Å²) in [5.74, 6) is -2.10. The monoisotopic (exact) mass is 225 g/mol. The van der Waals surface area contributed by atoms with Crippen LogP contribution in [-0.4, -0.2) is 34.0 Å². The molecule has 16 heavy (non-hydrogen) atoms. The third-order valence-corrected chi connectivity index (χ3v) is 1.74. The molecule has 0 unspecified atom stereocenters. The lowest BCUT2D eigenvalue weighted by molar-refractivity contribution is -0.119. The molecule has 0 fully saturated rings. The van der Waals surface area contributed by atoms with E-state index in [2.05, 4.69) is 10.5 Å². The van der Waals surface area contributed by atoms with Gasteiger partial charge in [0.15, 0.2) is 11.5 Å². The van der Waals surface area contributed by atoms with E-state index in [1.54, 1.807) is 0 Å². The third kappa shape index (κ3) is 2.61. The van der Waals surface area contributed by atoms with Gasteiger partial charge in [-0.25, -0.2) is 5.43 Å². The molecule has 7 nitrogen and oxygen atoms in total. The zero-order chi connectivity index (χ0) is 12.1. The van der Waals surface area contributed by atoms with Crippen LogP contribution < -0.4 is 11.2 Å². The molecule has 0 aliphatic heterocycles. The van der Waals surface area contributed by atoms with Crippen LogP contribution in [0.15, 0.2) is 17.2 Å². The highest BCUT2D eigenvalue weighted by atomic mass is 16.3. The van der Waals surface area contributed by atoms with Crippen LogP contribution in [0.1, 0.15) is 5.56 Å². The van der Waals surface area contributed by atoms with Gasteiger partial charge in [-0.1, -0.05) is 0 Å². The van der Waals surface area contributed by atoms with E-state index >= 15 is 0 Å². The number of hydrazone groups is 1. The van der Waals surface area contributed by atoms with Crippen molar-refractivity contribution in [2.45, 2.75) is 0 Å². The van der Waals surface area contributed by atoms with Crippen LogP contribution in [-0.2, 0) is 4.79 Å². The summed E-state index contributed by atoms with van der Waals surface area (Å²) in [6.45, 7) is -0.204. The SMILES string of the molecule is NCC(=O)N/N=C/c1ccc(O)c(O)c1O. The van der Waals surface area contributed by atoms with Gasteiger partial charge >= 0.3 is 0 Å². The number of nitrogens with two attached hydrogens (primary N) is 1. The van der Waals surface area contributed by atoms with Crippen molar-refractivity contribution in [1.29, 1.82) is 0 Å². The van der Waals surface area contributed by atoms with Crippen molar-refractivity contribution >= 4 is 12.1 Å². The number of amides is 1. The number of nitrogens with one attached hydrogen (secondary N) is 1. The van der Waals surface area contributed by atoms with Crippen molar-refractivity contribution in [2.75, 3.05) is 6.54 Å². The maximum Gasteiger partial charge on any atom is 0.253 e. The zero-order valence-electron chi connectivity index (χ0n) is 8.21. The van der Waals surface area contributed by atoms with Crippen LogP contribution in [0.4, 0.5) is 0 Å². The van der Waals surface area contributed by atoms with Crippen LogP contribution in [0.2, 0.25) is 0 Å². The maximum absolute atomic E-state index is 10.7. The minimum Gasteiger partial charge on any atom is -0.504 e. The lowest BCUT2D eigenvalue weighted by atomic mass is 10.2. The Morgan fingerprint density at radius 1 is 1.38 bits per heavy atom. The molecule has 0 radical (unpaired) electrons. The standard InChI is InChI=1S/C9H11N3O4/c10-3-7(14)12-11-4-5-1-2-6(13)9(16)8(5)15/h1-2,4,13,15-16H,3,10H2,(H,12,14)/b11-4+. The summed E-state index contributed by atoms with van der Waals surface area (Å²) in [6, 6.07) is 2.50. The quantitative estimate of drug-likeness (QED) is 0.261. The summed E-state index contributed by atoms with van der Waals surface area (Å²) in [6.07, 6.45) is 1.11. The van der Waals surface area contributed by atoms with Gasteiger partial charge in [-0.3, -0.25) is 4.79 Å². The minimum atomic E-state index is -0.644. The molecular weight excluding hydrogens is 214 g/mol. The van der Waals surface area contributed by atoms with Gasteiger partial charge in [-0.15, -0.1) is 0 Å². The molecule has 0 bridgehead atoms. The summed E-state index contributed by atoms with van der Waals surface area (Å²) < 4.78 is 0. The van der Waals surface area contributed by atoms with E-state index in [4.69, 9.17) is 10.8 Å². The van der Waals surface area contributed by atoms with Crippen LogP contribution in [0.25, 0.3) is 0 Å². The van der Waals surface area contributed by atoms with Crippen molar-refractivity contribution < 1.29 is 20.1 Å². The molecule has 1 aromatic carbocycles. The molecule has 1 rings (SSSR count). The maximum atomic E-state index is 10.7. The van der Waals surface area contributed by atoms with Crippen molar-refractivity contribution in [3.63, 3.8) is 0 Å².